The predicted molar refractivity (Wildman–Crippen MR) is 130 cm³/mol. The number of rotatable bonds is 6. The summed E-state index contributed by atoms with van der Waals surface area (Å²) in [5, 5.41) is 9.73. The van der Waals surface area contributed by atoms with Gasteiger partial charge in [0.2, 0.25) is 5.91 Å². The van der Waals surface area contributed by atoms with Gasteiger partial charge >= 0.3 is 0 Å². The average Bonchev–Trinajstić information content (AvgIpc) is 2.98. The van der Waals surface area contributed by atoms with Gasteiger partial charge in [-0.1, -0.05) is 37.1 Å². The highest BCUT2D eigenvalue weighted by Gasteiger charge is 2.18. The summed E-state index contributed by atoms with van der Waals surface area (Å²) in [6, 6.07) is 8.92. The molecule has 2 fully saturated rings. The smallest absolute Gasteiger partial charge is 0.220 e. The molecular formula is C22H36IN5O. The lowest BCUT2D eigenvalue weighted by molar-refractivity contribution is -0.122. The van der Waals surface area contributed by atoms with E-state index in [1.165, 1.54) is 49.9 Å². The molecule has 1 amide bonds. The Hall–Kier alpha value is -1.35. The second kappa shape index (κ2) is 13.1. The molecule has 0 bridgehead atoms. The van der Waals surface area contributed by atoms with Crippen molar-refractivity contribution in [3.63, 3.8) is 0 Å². The number of hydrogen-bond acceptors (Lipinski definition) is 3. The van der Waals surface area contributed by atoms with Crippen LogP contribution in [0.15, 0.2) is 29.3 Å². The second-order valence-corrected chi connectivity index (χ2v) is 7.84. The zero-order valence-electron chi connectivity index (χ0n) is 17.6. The highest BCUT2D eigenvalue weighted by Crippen LogP contribution is 2.17. The van der Waals surface area contributed by atoms with Crippen molar-refractivity contribution in [2.24, 2.45) is 4.99 Å². The third kappa shape index (κ3) is 8.12. The average molecular weight is 513 g/mol. The zero-order chi connectivity index (χ0) is 19.6. The molecule has 2 aliphatic rings. The number of aliphatic imine (C=N–C) groups is 1. The van der Waals surface area contributed by atoms with E-state index in [0.717, 1.165) is 25.5 Å². The summed E-state index contributed by atoms with van der Waals surface area (Å²) in [4.78, 5) is 18.8. The molecule has 2 heterocycles. The van der Waals surface area contributed by atoms with Gasteiger partial charge in [0.1, 0.15) is 0 Å². The summed E-state index contributed by atoms with van der Waals surface area (Å²) < 4.78 is 0. The molecule has 0 radical (unpaired) electrons. The van der Waals surface area contributed by atoms with E-state index in [1.807, 2.05) is 0 Å². The van der Waals surface area contributed by atoms with Crippen molar-refractivity contribution in [3.8, 4) is 0 Å². The molecule has 3 rings (SSSR count). The number of nitrogens with one attached hydrogen (secondary N) is 3. The SMILES string of the molecule is CCNC(=NCc1ccccc1CN1CCCCCC1)NC1CCC(=O)NC1.I. The number of amides is 1. The van der Waals surface area contributed by atoms with Crippen LogP contribution in [0.4, 0.5) is 0 Å². The van der Waals surface area contributed by atoms with Gasteiger partial charge in [-0.25, -0.2) is 4.99 Å². The molecule has 7 heteroatoms. The first kappa shape index (κ1) is 23.9. The molecule has 29 heavy (non-hydrogen) atoms. The topological polar surface area (TPSA) is 68.8 Å². The maximum atomic E-state index is 11.4. The Morgan fingerprint density at radius 2 is 1.90 bits per heavy atom. The van der Waals surface area contributed by atoms with Crippen molar-refractivity contribution in [1.82, 2.24) is 20.9 Å². The molecule has 1 aromatic carbocycles. The molecule has 3 N–H and O–H groups in total. The lowest BCUT2D eigenvalue weighted by atomic mass is 10.1. The third-order valence-electron chi connectivity index (χ3n) is 5.57. The molecule has 162 valence electrons. The molecule has 0 aromatic heterocycles. The van der Waals surface area contributed by atoms with Crippen molar-refractivity contribution in [3.05, 3.63) is 35.4 Å². The molecule has 1 unspecified atom stereocenters. The normalized spacial score (nSPS) is 20.9. The van der Waals surface area contributed by atoms with Crippen molar-refractivity contribution in [1.29, 1.82) is 0 Å². The lowest BCUT2D eigenvalue weighted by Crippen LogP contribution is -2.51. The Bertz CT molecular complexity index is 648. The van der Waals surface area contributed by atoms with E-state index in [1.54, 1.807) is 0 Å². The highest BCUT2D eigenvalue weighted by molar-refractivity contribution is 14.0. The van der Waals surface area contributed by atoms with Gasteiger partial charge < -0.3 is 16.0 Å². The minimum absolute atomic E-state index is 0. The van der Waals surface area contributed by atoms with Crippen LogP contribution < -0.4 is 16.0 Å². The minimum Gasteiger partial charge on any atom is -0.357 e. The highest BCUT2D eigenvalue weighted by atomic mass is 127. The fourth-order valence-corrected chi connectivity index (χ4v) is 3.93. The van der Waals surface area contributed by atoms with Gasteiger partial charge in [0, 0.05) is 32.1 Å². The standard InChI is InChI=1S/C22H35N5O.HI/c1-2-23-22(26-20-11-12-21(28)24-16-20)25-15-18-9-5-6-10-19(18)17-27-13-7-3-4-8-14-27;/h5-6,9-10,20H,2-4,7-8,11-17H2,1H3,(H,24,28)(H2,23,25,26);1H. The van der Waals surface area contributed by atoms with E-state index in [0.29, 0.717) is 19.5 Å². The van der Waals surface area contributed by atoms with E-state index in [2.05, 4.69) is 52.0 Å². The summed E-state index contributed by atoms with van der Waals surface area (Å²) in [6.45, 7) is 7.65. The largest absolute Gasteiger partial charge is 0.357 e. The lowest BCUT2D eigenvalue weighted by Gasteiger charge is -2.25. The van der Waals surface area contributed by atoms with Gasteiger partial charge in [0.15, 0.2) is 5.96 Å². The molecule has 2 saturated heterocycles. The first-order chi connectivity index (χ1) is 13.7. The number of carbonyl (C=O) groups excluding carboxylic acids is 1. The molecule has 1 aromatic rings. The molecule has 0 aliphatic carbocycles. The summed E-state index contributed by atoms with van der Waals surface area (Å²) >= 11 is 0. The monoisotopic (exact) mass is 513 g/mol. The van der Waals surface area contributed by atoms with Gasteiger partial charge in [-0.05, 0) is 50.4 Å². The summed E-state index contributed by atoms with van der Waals surface area (Å²) in [5.41, 5.74) is 2.68. The van der Waals surface area contributed by atoms with Crippen LogP contribution in [0.5, 0.6) is 0 Å². The van der Waals surface area contributed by atoms with E-state index >= 15 is 0 Å². The van der Waals surface area contributed by atoms with Crippen molar-refractivity contribution in [2.45, 2.75) is 64.6 Å². The number of nitrogens with zero attached hydrogens (tertiary/aromatic N) is 2. The van der Waals surface area contributed by atoms with Crippen LogP contribution in [-0.4, -0.2) is 49.0 Å². The number of benzene rings is 1. The summed E-state index contributed by atoms with van der Waals surface area (Å²) in [5.74, 6) is 0.968. The van der Waals surface area contributed by atoms with Crippen LogP contribution >= 0.6 is 24.0 Å². The van der Waals surface area contributed by atoms with Crippen LogP contribution in [0.25, 0.3) is 0 Å². The van der Waals surface area contributed by atoms with Gasteiger partial charge in [0.25, 0.3) is 0 Å². The van der Waals surface area contributed by atoms with Crippen molar-refractivity contribution in [2.75, 3.05) is 26.2 Å². The zero-order valence-corrected chi connectivity index (χ0v) is 19.9. The van der Waals surface area contributed by atoms with Crippen LogP contribution in [0.2, 0.25) is 0 Å². The van der Waals surface area contributed by atoms with Crippen LogP contribution in [0.1, 0.15) is 56.6 Å². The number of guanidine groups is 1. The van der Waals surface area contributed by atoms with Gasteiger partial charge in [-0.3, -0.25) is 9.69 Å². The number of likely N-dealkylation sites (tertiary alicyclic amines) is 1. The first-order valence-electron chi connectivity index (χ1n) is 10.9. The Morgan fingerprint density at radius 3 is 2.55 bits per heavy atom. The summed E-state index contributed by atoms with van der Waals surface area (Å²) in [6.07, 6.45) is 6.78. The Kier molecular flexibility index (Phi) is 10.8. The number of carbonyl (C=O) groups is 1. The van der Waals surface area contributed by atoms with E-state index in [4.69, 9.17) is 4.99 Å². The predicted octanol–water partition coefficient (Wildman–Crippen LogP) is 3.01. The molecular weight excluding hydrogens is 477 g/mol. The molecule has 2 aliphatic heterocycles. The fraction of sp³-hybridized carbons (Fsp3) is 0.636. The van der Waals surface area contributed by atoms with Crippen LogP contribution in [0, 0.1) is 0 Å². The van der Waals surface area contributed by atoms with Gasteiger partial charge in [0.05, 0.1) is 6.54 Å². The quantitative estimate of drug-likeness (QED) is 0.311. The second-order valence-electron chi connectivity index (χ2n) is 7.84. The first-order valence-corrected chi connectivity index (χ1v) is 10.9. The van der Waals surface area contributed by atoms with Crippen LogP contribution in [0.3, 0.4) is 0 Å². The van der Waals surface area contributed by atoms with Crippen LogP contribution in [-0.2, 0) is 17.9 Å². The van der Waals surface area contributed by atoms with Crippen molar-refractivity contribution < 1.29 is 4.79 Å². The Labute approximate surface area is 192 Å². The van der Waals surface area contributed by atoms with E-state index in [-0.39, 0.29) is 35.9 Å². The Balaban J connectivity index is 0.00000300. The Morgan fingerprint density at radius 1 is 1.17 bits per heavy atom. The van der Waals surface area contributed by atoms with E-state index < -0.39 is 0 Å². The maximum Gasteiger partial charge on any atom is 0.220 e. The molecule has 1 atom stereocenters. The molecule has 0 spiro atoms. The number of piperidine rings is 1. The maximum absolute atomic E-state index is 11.4. The number of halogens is 1. The van der Waals surface area contributed by atoms with Crippen molar-refractivity contribution >= 4 is 35.8 Å². The summed E-state index contributed by atoms with van der Waals surface area (Å²) in [7, 11) is 0. The van der Waals surface area contributed by atoms with Gasteiger partial charge in [-0.2, -0.15) is 0 Å². The third-order valence-corrected chi connectivity index (χ3v) is 5.57. The minimum atomic E-state index is 0. The number of hydrogen-bond donors (Lipinski definition) is 3. The fourth-order valence-electron chi connectivity index (χ4n) is 3.93. The molecule has 6 nitrogen and oxygen atoms in total. The molecule has 0 saturated carbocycles. The van der Waals surface area contributed by atoms with Gasteiger partial charge in [-0.15, -0.1) is 24.0 Å². The van der Waals surface area contributed by atoms with E-state index in [9.17, 15) is 4.79 Å².